The van der Waals surface area contributed by atoms with Gasteiger partial charge >= 0.3 is 0 Å². The summed E-state index contributed by atoms with van der Waals surface area (Å²) in [5.41, 5.74) is 0. The molecule has 0 aromatic carbocycles. The molecule has 0 aromatic heterocycles. The van der Waals surface area contributed by atoms with Crippen LogP contribution in [-0.2, 0) is 4.74 Å². The first kappa shape index (κ1) is 13.9. The lowest BCUT2D eigenvalue weighted by Gasteiger charge is -2.41. The highest BCUT2D eigenvalue weighted by molar-refractivity contribution is 4.91. The van der Waals surface area contributed by atoms with Crippen molar-refractivity contribution < 1.29 is 4.74 Å². The third kappa shape index (κ3) is 3.33. The van der Waals surface area contributed by atoms with E-state index in [0.29, 0.717) is 12.1 Å². The Bertz CT molecular complexity index is 274. The van der Waals surface area contributed by atoms with Crippen LogP contribution in [-0.4, -0.2) is 24.8 Å². The summed E-state index contributed by atoms with van der Waals surface area (Å²) in [5.74, 6) is 1.98. The molecule has 2 heteroatoms. The summed E-state index contributed by atoms with van der Waals surface area (Å²) in [6, 6.07) is 1.40. The van der Waals surface area contributed by atoms with E-state index in [2.05, 4.69) is 12.2 Å². The molecule has 3 fully saturated rings. The molecule has 4 atom stereocenters. The van der Waals surface area contributed by atoms with Crippen LogP contribution in [0.25, 0.3) is 0 Å². The van der Waals surface area contributed by atoms with Gasteiger partial charge in [0.25, 0.3) is 0 Å². The van der Waals surface area contributed by atoms with Gasteiger partial charge in [-0.15, -0.1) is 0 Å². The van der Waals surface area contributed by atoms with Crippen molar-refractivity contribution in [2.75, 3.05) is 6.61 Å². The molecule has 1 saturated heterocycles. The van der Waals surface area contributed by atoms with Crippen molar-refractivity contribution >= 4 is 0 Å². The second-order valence-corrected chi connectivity index (χ2v) is 7.09. The molecule has 0 bridgehead atoms. The highest BCUT2D eigenvalue weighted by Crippen LogP contribution is 2.38. The zero-order chi connectivity index (χ0) is 13.1. The van der Waals surface area contributed by atoms with Crippen LogP contribution in [0, 0.1) is 11.8 Å². The normalized spacial score (nSPS) is 41.5. The number of rotatable bonds is 3. The first-order valence-electron chi connectivity index (χ1n) is 8.72. The van der Waals surface area contributed by atoms with E-state index in [1.54, 1.807) is 0 Å². The second kappa shape index (κ2) is 6.58. The van der Waals surface area contributed by atoms with Crippen LogP contribution in [0.2, 0.25) is 0 Å². The Morgan fingerprint density at radius 2 is 1.53 bits per heavy atom. The summed E-state index contributed by atoms with van der Waals surface area (Å²) >= 11 is 0. The molecular formula is C17H31NO. The van der Waals surface area contributed by atoms with Crippen molar-refractivity contribution in [3.63, 3.8) is 0 Å². The minimum absolute atomic E-state index is 0.425. The van der Waals surface area contributed by atoms with Crippen molar-refractivity contribution in [2.24, 2.45) is 11.8 Å². The van der Waals surface area contributed by atoms with E-state index in [-0.39, 0.29) is 0 Å². The summed E-state index contributed by atoms with van der Waals surface area (Å²) in [6.45, 7) is 3.20. The van der Waals surface area contributed by atoms with Gasteiger partial charge in [0.2, 0.25) is 0 Å². The maximum Gasteiger partial charge on any atom is 0.0700 e. The van der Waals surface area contributed by atoms with Gasteiger partial charge in [-0.05, 0) is 38.0 Å². The quantitative estimate of drug-likeness (QED) is 0.836. The first-order valence-corrected chi connectivity index (χ1v) is 8.72. The predicted octanol–water partition coefficient (Wildman–Crippen LogP) is 3.89. The molecule has 110 valence electrons. The number of hydrogen-bond acceptors (Lipinski definition) is 2. The largest absolute Gasteiger partial charge is 0.377 e. The molecule has 19 heavy (non-hydrogen) atoms. The number of hydrogen-bond donors (Lipinski definition) is 1. The van der Waals surface area contributed by atoms with Gasteiger partial charge in [-0.25, -0.2) is 0 Å². The SMILES string of the molecule is CC1OCCC1NC1CCCCC1C1CCCCC1. The third-order valence-electron chi connectivity index (χ3n) is 5.88. The van der Waals surface area contributed by atoms with Gasteiger partial charge in [0, 0.05) is 18.7 Å². The predicted molar refractivity (Wildman–Crippen MR) is 79.3 cm³/mol. The fraction of sp³-hybridized carbons (Fsp3) is 1.00. The zero-order valence-electron chi connectivity index (χ0n) is 12.6. The summed E-state index contributed by atoms with van der Waals surface area (Å²) in [4.78, 5) is 0. The molecule has 1 N–H and O–H groups in total. The van der Waals surface area contributed by atoms with Crippen LogP contribution in [0.5, 0.6) is 0 Å². The molecule has 3 aliphatic rings. The van der Waals surface area contributed by atoms with Gasteiger partial charge < -0.3 is 10.1 Å². The van der Waals surface area contributed by atoms with E-state index in [1.807, 2.05) is 0 Å². The summed E-state index contributed by atoms with van der Waals surface area (Å²) in [6.07, 6.45) is 14.9. The Morgan fingerprint density at radius 1 is 0.789 bits per heavy atom. The van der Waals surface area contributed by atoms with Gasteiger partial charge in [0.15, 0.2) is 0 Å². The average molecular weight is 265 g/mol. The zero-order valence-corrected chi connectivity index (χ0v) is 12.6. The van der Waals surface area contributed by atoms with E-state index in [9.17, 15) is 0 Å². The minimum atomic E-state index is 0.425. The average Bonchev–Trinajstić information content (AvgIpc) is 2.86. The summed E-state index contributed by atoms with van der Waals surface area (Å²) < 4.78 is 5.73. The Hall–Kier alpha value is -0.0800. The molecular weight excluding hydrogens is 234 g/mol. The van der Waals surface area contributed by atoms with Crippen LogP contribution in [0.1, 0.15) is 71.1 Å². The van der Waals surface area contributed by atoms with Crippen molar-refractivity contribution in [3.8, 4) is 0 Å². The molecule has 1 heterocycles. The Kier molecular flexibility index (Phi) is 4.81. The Morgan fingerprint density at radius 3 is 2.26 bits per heavy atom. The molecule has 0 amide bonds. The lowest BCUT2D eigenvalue weighted by Crippen LogP contribution is -2.49. The van der Waals surface area contributed by atoms with Crippen LogP contribution in [0.4, 0.5) is 0 Å². The monoisotopic (exact) mass is 265 g/mol. The van der Waals surface area contributed by atoms with Crippen LogP contribution in [0.3, 0.4) is 0 Å². The van der Waals surface area contributed by atoms with Gasteiger partial charge in [0.05, 0.1) is 6.10 Å². The van der Waals surface area contributed by atoms with E-state index in [4.69, 9.17) is 4.74 Å². The van der Waals surface area contributed by atoms with Crippen LogP contribution >= 0.6 is 0 Å². The number of nitrogens with one attached hydrogen (secondary N) is 1. The second-order valence-electron chi connectivity index (χ2n) is 7.09. The molecule has 0 spiro atoms. The minimum Gasteiger partial charge on any atom is -0.377 e. The summed E-state index contributed by atoms with van der Waals surface area (Å²) in [7, 11) is 0. The van der Waals surface area contributed by atoms with E-state index < -0.39 is 0 Å². The molecule has 0 radical (unpaired) electrons. The molecule has 3 rings (SSSR count). The summed E-state index contributed by atoms with van der Waals surface area (Å²) in [5, 5.41) is 3.99. The van der Waals surface area contributed by atoms with E-state index in [1.165, 1.54) is 64.2 Å². The Labute approximate surface area is 118 Å². The van der Waals surface area contributed by atoms with Gasteiger partial charge in [-0.2, -0.15) is 0 Å². The van der Waals surface area contributed by atoms with Crippen molar-refractivity contribution in [1.82, 2.24) is 5.32 Å². The van der Waals surface area contributed by atoms with E-state index in [0.717, 1.165) is 24.5 Å². The van der Waals surface area contributed by atoms with Gasteiger partial charge in [-0.1, -0.05) is 44.9 Å². The maximum atomic E-state index is 5.73. The van der Waals surface area contributed by atoms with Crippen molar-refractivity contribution in [3.05, 3.63) is 0 Å². The fourth-order valence-electron chi connectivity index (χ4n) is 4.72. The smallest absolute Gasteiger partial charge is 0.0700 e. The molecule has 4 unspecified atom stereocenters. The van der Waals surface area contributed by atoms with Crippen LogP contribution in [0.15, 0.2) is 0 Å². The first-order chi connectivity index (χ1) is 9.34. The Balaban J connectivity index is 1.59. The molecule has 2 aliphatic carbocycles. The highest BCUT2D eigenvalue weighted by atomic mass is 16.5. The third-order valence-corrected chi connectivity index (χ3v) is 5.88. The van der Waals surface area contributed by atoms with Crippen LogP contribution < -0.4 is 5.32 Å². The topological polar surface area (TPSA) is 21.3 Å². The lowest BCUT2D eigenvalue weighted by molar-refractivity contribution is 0.0950. The molecule has 0 aromatic rings. The lowest BCUT2D eigenvalue weighted by atomic mass is 9.70. The van der Waals surface area contributed by atoms with Crippen molar-refractivity contribution in [2.45, 2.75) is 89.3 Å². The molecule has 2 saturated carbocycles. The van der Waals surface area contributed by atoms with E-state index >= 15 is 0 Å². The maximum absolute atomic E-state index is 5.73. The van der Waals surface area contributed by atoms with Crippen molar-refractivity contribution in [1.29, 1.82) is 0 Å². The molecule has 1 aliphatic heterocycles. The highest BCUT2D eigenvalue weighted by Gasteiger charge is 2.35. The molecule has 2 nitrogen and oxygen atoms in total. The van der Waals surface area contributed by atoms with Gasteiger partial charge in [0.1, 0.15) is 0 Å². The fourth-order valence-corrected chi connectivity index (χ4v) is 4.72. The number of ether oxygens (including phenoxy) is 1. The van der Waals surface area contributed by atoms with Gasteiger partial charge in [-0.3, -0.25) is 0 Å². The standard InChI is InChI=1S/C17H31NO/c1-13-16(11-12-19-13)18-17-10-6-5-9-15(17)14-7-3-2-4-8-14/h13-18H,2-12H2,1H3.